The van der Waals surface area contributed by atoms with Crippen molar-refractivity contribution in [3.63, 3.8) is 0 Å². The molecular formula is C12H13ClN4O2. The molecule has 6 nitrogen and oxygen atoms in total. The molecule has 19 heavy (non-hydrogen) atoms. The van der Waals surface area contributed by atoms with Gasteiger partial charge in [0.1, 0.15) is 16.9 Å². The Balaban J connectivity index is 2.09. The van der Waals surface area contributed by atoms with Crippen molar-refractivity contribution in [1.82, 2.24) is 10.3 Å². The number of hydrogen-bond acceptors (Lipinski definition) is 5. The normalized spacial score (nSPS) is 17.9. The molecular weight excluding hydrogens is 268 g/mol. The van der Waals surface area contributed by atoms with Gasteiger partial charge in [-0.05, 0) is 12.5 Å². The first-order valence-corrected chi connectivity index (χ1v) is 6.17. The number of carbonyl (C=O) groups is 1. The summed E-state index contributed by atoms with van der Waals surface area (Å²) in [4.78, 5) is 17.3. The van der Waals surface area contributed by atoms with Crippen LogP contribution in [-0.2, 0) is 4.74 Å². The lowest BCUT2D eigenvalue weighted by Crippen LogP contribution is -2.37. The molecule has 1 fully saturated rings. The molecule has 1 unspecified atom stereocenters. The van der Waals surface area contributed by atoms with Gasteiger partial charge in [-0.2, -0.15) is 5.26 Å². The number of ether oxygens (including phenoxy) is 1. The summed E-state index contributed by atoms with van der Waals surface area (Å²) in [6, 6.07) is 3.60. The van der Waals surface area contributed by atoms with Gasteiger partial charge in [-0.3, -0.25) is 0 Å². The van der Waals surface area contributed by atoms with Crippen LogP contribution < -0.4 is 10.2 Å². The van der Waals surface area contributed by atoms with Crippen LogP contribution >= 0.6 is 11.6 Å². The fourth-order valence-electron chi connectivity index (χ4n) is 2.04. The van der Waals surface area contributed by atoms with Crippen LogP contribution in [0.15, 0.2) is 12.3 Å². The maximum absolute atomic E-state index is 11.1. The number of rotatable bonds is 2. The van der Waals surface area contributed by atoms with E-state index in [1.165, 1.54) is 7.11 Å². The summed E-state index contributed by atoms with van der Waals surface area (Å²) in [7, 11) is 1.33. The summed E-state index contributed by atoms with van der Waals surface area (Å²) in [6.07, 6.45) is 1.89. The zero-order valence-corrected chi connectivity index (χ0v) is 11.1. The summed E-state index contributed by atoms with van der Waals surface area (Å²) in [5.74, 6) is 0.579. The van der Waals surface area contributed by atoms with Gasteiger partial charge >= 0.3 is 6.09 Å². The molecule has 0 aliphatic carbocycles. The van der Waals surface area contributed by atoms with Crippen molar-refractivity contribution in [1.29, 1.82) is 5.26 Å². The predicted octanol–water partition coefficient (Wildman–Crippen LogP) is 1.54. The highest BCUT2D eigenvalue weighted by Crippen LogP contribution is 2.28. The maximum Gasteiger partial charge on any atom is 0.407 e. The molecule has 1 aromatic rings. The van der Waals surface area contributed by atoms with E-state index >= 15 is 0 Å². The molecule has 1 amide bonds. The first-order valence-electron chi connectivity index (χ1n) is 5.79. The highest BCUT2D eigenvalue weighted by molar-refractivity contribution is 6.34. The van der Waals surface area contributed by atoms with Crippen molar-refractivity contribution in [3.8, 4) is 6.07 Å². The Kier molecular flexibility index (Phi) is 4.07. The van der Waals surface area contributed by atoms with Crippen molar-refractivity contribution in [2.24, 2.45) is 0 Å². The molecule has 0 radical (unpaired) electrons. The lowest BCUT2D eigenvalue weighted by Gasteiger charge is -2.19. The van der Waals surface area contributed by atoms with Gasteiger partial charge in [-0.15, -0.1) is 0 Å². The Morgan fingerprint density at radius 1 is 1.74 bits per heavy atom. The average molecular weight is 281 g/mol. The number of alkyl carbamates (subject to hydrolysis) is 1. The third kappa shape index (κ3) is 2.88. The lowest BCUT2D eigenvalue weighted by molar-refractivity contribution is 0.167. The van der Waals surface area contributed by atoms with Crippen LogP contribution in [-0.4, -0.2) is 37.3 Å². The molecule has 2 heterocycles. The molecule has 2 rings (SSSR count). The van der Waals surface area contributed by atoms with Gasteiger partial charge in [0.2, 0.25) is 0 Å². The van der Waals surface area contributed by atoms with E-state index in [0.717, 1.165) is 13.0 Å². The maximum atomic E-state index is 11.1. The molecule has 7 heteroatoms. The summed E-state index contributed by atoms with van der Waals surface area (Å²) >= 11 is 6.13. The fraction of sp³-hybridized carbons (Fsp3) is 0.417. The van der Waals surface area contributed by atoms with E-state index < -0.39 is 6.09 Å². The van der Waals surface area contributed by atoms with Crippen LogP contribution in [0, 0.1) is 11.3 Å². The lowest BCUT2D eigenvalue weighted by atomic mass is 10.2. The number of halogens is 1. The molecule has 0 saturated carbocycles. The quantitative estimate of drug-likeness (QED) is 0.889. The van der Waals surface area contributed by atoms with E-state index in [4.69, 9.17) is 16.9 Å². The summed E-state index contributed by atoms with van der Waals surface area (Å²) in [5, 5.41) is 12.0. The van der Waals surface area contributed by atoms with Gasteiger partial charge in [-0.1, -0.05) is 11.6 Å². The number of pyridine rings is 1. The Morgan fingerprint density at radius 3 is 3.21 bits per heavy atom. The molecule has 1 atom stereocenters. The number of aromatic nitrogens is 1. The number of carbonyl (C=O) groups excluding carboxylic acids is 1. The zero-order valence-electron chi connectivity index (χ0n) is 10.4. The molecule has 100 valence electrons. The standard InChI is InChI=1S/C12H13ClN4O2/c1-19-12(18)16-9-3-5-17(7-9)11-10(13)8(6-14)2-4-15-11/h2,4,9H,3,5,7H2,1H3,(H,16,18). The van der Waals surface area contributed by atoms with Crippen molar-refractivity contribution in [2.75, 3.05) is 25.1 Å². The minimum absolute atomic E-state index is 0.00365. The third-order valence-corrected chi connectivity index (χ3v) is 3.36. The van der Waals surface area contributed by atoms with Gasteiger partial charge in [0.25, 0.3) is 0 Å². The van der Waals surface area contributed by atoms with Crippen molar-refractivity contribution in [3.05, 3.63) is 22.8 Å². The van der Waals surface area contributed by atoms with E-state index in [0.29, 0.717) is 22.9 Å². The first kappa shape index (κ1) is 13.4. The number of nitrogens with zero attached hydrogens (tertiary/aromatic N) is 3. The highest BCUT2D eigenvalue weighted by Gasteiger charge is 2.26. The summed E-state index contributed by atoms with van der Waals surface area (Å²) in [5.41, 5.74) is 0.399. The minimum atomic E-state index is -0.448. The fourth-order valence-corrected chi connectivity index (χ4v) is 2.31. The molecule has 0 aromatic carbocycles. The predicted molar refractivity (Wildman–Crippen MR) is 70.1 cm³/mol. The number of nitriles is 1. The highest BCUT2D eigenvalue weighted by atomic mass is 35.5. The SMILES string of the molecule is COC(=O)NC1CCN(c2nccc(C#N)c2Cl)C1. The molecule has 1 N–H and O–H groups in total. The van der Waals surface area contributed by atoms with E-state index in [1.807, 2.05) is 11.0 Å². The Bertz CT molecular complexity index is 529. The second-order valence-electron chi connectivity index (χ2n) is 4.18. The van der Waals surface area contributed by atoms with E-state index in [1.54, 1.807) is 12.3 Å². The second kappa shape index (κ2) is 5.76. The number of nitrogens with one attached hydrogen (secondary N) is 1. The van der Waals surface area contributed by atoms with Crippen molar-refractivity contribution >= 4 is 23.5 Å². The van der Waals surface area contributed by atoms with Crippen molar-refractivity contribution < 1.29 is 9.53 Å². The average Bonchev–Trinajstić information content (AvgIpc) is 2.87. The van der Waals surface area contributed by atoms with Gasteiger partial charge in [0.15, 0.2) is 0 Å². The third-order valence-electron chi connectivity index (χ3n) is 2.99. The van der Waals surface area contributed by atoms with E-state index in [9.17, 15) is 4.79 Å². The van der Waals surface area contributed by atoms with Crippen LogP contribution in [0.1, 0.15) is 12.0 Å². The smallest absolute Gasteiger partial charge is 0.407 e. The molecule has 0 bridgehead atoms. The first-order chi connectivity index (χ1) is 9.15. The molecule has 1 aliphatic rings. The van der Waals surface area contributed by atoms with Crippen molar-refractivity contribution in [2.45, 2.75) is 12.5 Å². The Morgan fingerprint density at radius 2 is 2.53 bits per heavy atom. The number of amides is 1. The number of anilines is 1. The zero-order chi connectivity index (χ0) is 13.8. The topological polar surface area (TPSA) is 78.2 Å². The minimum Gasteiger partial charge on any atom is -0.453 e. The van der Waals surface area contributed by atoms with E-state index in [2.05, 4.69) is 15.0 Å². The Labute approximate surface area is 115 Å². The van der Waals surface area contributed by atoms with Crippen LogP contribution in [0.5, 0.6) is 0 Å². The summed E-state index contributed by atoms with van der Waals surface area (Å²) < 4.78 is 4.56. The van der Waals surface area contributed by atoms with Crippen LogP contribution in [0.25, 0.3) is 0 Å². The molecule has 1 saturated heterocycles. The van der Waals surface area contributed by atoms with Crippen LogP contribution in [0.4, 0.5) is 10.6 Å². The molecule has 0 spiro atoms. The van der Waals surface area contributed by atoms with Crippen LogP contribution in [0.3, 0.4) is 0 Å². The van der Waals surface area contributed by atoms with E-state index in [-0.39, 0.29) is 6.04 Å². The number of methoxy groups -OCH3 is 1. The van der Waals surface area contributed by atoms with Gasteiger partial charge in [0.05, 0.1) is 18.7 Å². The largest absolute Gasteiger partial charge is 0.453 e. The summed E-state index contributed by atoms with van der Waals surface area (Å²) in [6.45, 7) is 1.31. The molecule has 1 aliphatic heterocycles. The van der Waals surface area contributed by atoms with Gasteiger partial charge < -0.3 is 15.0 Å². The molecule has 1 aromatic heterocycles. The monoisotopic (exact) mass is 280 g/mol. The van der Waals surface area contributed by atoms with Crippen LogP contribution in [0.2, 0.25) is 5.02 Å². The number of hydrogen-bond donors (Lipinski definition) is 1. The second-order valence-corrected chi connectivity index (χ2v) is 4.55. The Hall–Kier alpha value is -2.00. The van der Waals surface area contributed by atoms with Gasteiger partial charge in [0, 0.05) is 19.3 Å². The van der Waals surface area contributed by atoms with Gasteiger partial charge in [-0.25, -0.2) is 9.78 Å².